The van der Waals surface area contributed by atoms with Crippen LogP contribution in [0.25, 0.3) is 0 Å². The molecule has 2 aromatic carbocycles. The fraction of sp³-hybridized carbons (Fsp3) is 0.345. The number of ether oxygens (including phenoxy) is 3. The molecule has 2 aliphatic heterocycles. The number of halogens is 1. The van der Waals surface area contributed by atoms with Gasteiger partial charge in [0.2, 0.25) is 11.8 Å². The minimum Gasteiger partial charge on any atom is -0.497 e. The predicted octanol–water partition coefficient (Wildman–Crippen LogP) is 2.10. The first-order valence-corrected chi connectivity index (χ1v) is 15.2. The lowest BCUT2D eigenvalue weighted by Crippen LogP contribution is -2.67. The normalized spacial score (nSPS) is 20.5. The summed E-state index contributed by atoms with van der Waals surface area (Å²) >= 11 is 6.54. The molecular weight excluding hydrogens is 598 g/mol. The molecule has 1 N–H and O–H groups in total. The first-order valence-electron chi connectivity index (χ1n) is 13.3. The molecule has 1 aromatic heterocycles. The third-order valence-corrected chi connectivity index (χ3v) is 9.68. The second kappa shape index (κ2) is 11.6. The molecule has 14 heteroatoms. The van der Waals surface area contributed by atoms with Crippen LogP contribution in [0.4, 0.5) is 5.69 Å². The summed E-state index contributed by atoms with van der Waals surface area (Å²) in [5.74, 6) is -0.660. The van der Waals surface area contributed by atoms with E-state index in [0.717, 1.165) is 4.31 Å². The molecule has 5 rings (SSSR count). The van der Waals surface area contributed by atoms with E-state index in [1.807, 2.05) is 0 Å². The van der Waals surface area contributed by atoms with Crippen molar-refractivity contribution in [3.63, 3.8) is 0 Å². The highest BCUT2D eigenvalue weighted by Gasteiger charge is 2.63. The molecule has 1 saturated heterocycles. The van der Waals surface area contributed by atoms with Crippen LogP contribution in [0, 0.1) is 0 Å². The molecule has 0 radical (unpaired) electrons. The van der Waals surface area contributed by atoms with Crippen molar-refractivity contribution in [3.05, 3.63) is 70.9 Å². The molecule has 2 aliphatic rings. The van der Waals surface area contributed by atoms with Gasteiger partial charge in [-0.2, -0.15) is 0 Å². The molecule has 0 aliphatic carbocycles. The van der Waals surface area contributed by atoms with Gasteiger partial charge in [-0.3, -0.25) is 14.5 Å². The number of carbonyl (C=O) groups is 2. The average molecular weight is 630 g/mol. The Morgan fingerprint density at radius 2 is 1.84 bits per heavy atom. The van der Waals surface area contributed by atoms with Gasteiger partial charge in [0.1, 0.15) is 22.4 Å². The SMILES string of the molecule is COc1ccc(S(=O)(=O)N2C(=O)C(c3cccnc3OC)(N3CCNC[C@H]3C(=O)N(C)C)c3cc(Cl)ccc32)c(OC)c1. The molecular formula is C29H32ClN5O7S. The summed E-state index contributed by atoms with van der Waals surface area (Å²) in [5, 5.41) is 3.50. The molecule has 3 heterocycles. The van der Waals surface area contributed by atoms with Crippen molar-refractivity contribution in [2.24, 2.45) is 0 Å². The Labute approximate surface area is 255 Å². The van der Waals surface area contributed by atoms with Gasteiger partial charge in [0, 0.05) is 62.1 Å². The Morgan fingerprint density at radius 1 is 1.07 bits per heavy atom. The molecule has 2 atom stereocenters. The molecule has 228 valence electrons. The van der Waals surface area contributed by atoms with Gasteiger partial charge in [-0.15, -0.1) is 0 Å². The number of likely N-dealkylation sites (N-methyl/N-ethyl adjacent to an activating group) is 1. The van der Waals surface area contributed by atoms with E-state index < -0.39 is 27.5 Å². The number of pyridine rings is 1. The first kappa shape index (κ1) is 30.5. The molecule has 0 bridgehead atoms. The molecule has 2 amide bonds. The number of sulfonamides is 1. The summed E-state index contributed by atoms with van der Waals surface area (Å²) < 4.78 is 46.2. The Balaban J connectivity index is 1.86. The van der Waals surface area contributed by atoms with Gasteiger partial charge >= 0.3 is 0 Å². The zero-order valence-electron chi connectivity index (χ0n) is 24.3. The number of nitrogens with zero attached hydrogens (tertiary/aromatic N) is 4. The first-order chi connectivity index (χ1) is 20.5. The van der Waals surface area contributed by atoms with Crippen LogP contribution in [-0.2, 0) is 25.2 Å². The van der Waals surface area contributed by atoms with E-state index >= 15 is 4.79 Å². The number of fused-ring (bicyclic) bond motifs is 1. The zero-order valence-corrected chi connectivity index (χ0v) is 25.9. The van der Waals surface area contributed by atoms with Gasteiger partial charge < -0.3 is 24.4 Å². The van der Waals surface area contributed by atoms with Gasteiger partial charge in [-0.25, -0.2) is 17.7 Å². The van der Waals surface area contributed by atoms with Crippen molar-refractivity contribution in [1.82, 2.24) is 20.1 Å². The lowest BCUT2D eigenvalue weighted by Gasteiger charge is -2.47. The Kier molecular flexibility index (Phi) is 8.27. The molecule has 43 heavy (non-hydrogen) atoms. The van der Waals surface area contributed by atoms with Crippen molar-refractivity contribution in [1.29, 1.82) is 0 Å². The lowest BCUT2D eigenvalue weighted by molar-refractivity contribution is -0.141. The maximum atomic E-state index is 15.2. The Morgan fingerprint density at radius 3 is 2.51 bits per heavy atom. The van der Waals surface area contributed by atoms with Crippen LogP contribution in [0.5, 0.6) is 17.4 Å². The van der Waals surface area contributed by atoms with E-state index in [0.29, 0.717) is 12.3 Å². The summed E-state index contributed by atoms with van der Waals surface area (Å²) in [5.41, 5.74) is -1.26. The number of rotatable bonds is 8. The highest BCUT2D eigenvalue weighted by molar-refractivity contribution is 7.93. The summed E-state index contributed by atoms with van der Waals surface area (Å²) in [4.78, 5) is 36.1. The lowest BCUT2D eigenvalue weighted by atomic mass is 9.80. The summed E-state index contributed by atoms with van der Waals surface area (Å²) in [7, 11) is 2.83. The molecule has 1 unspecified atom stereocenters. The van der Waals surface area contributed by atoms with E-state index in [4.69, 9.17) is 25.8 Å². The van der Waals surface area contributed by atoms with Gasteiger partial charge in [0.15, 0.2) is 5.54 Å². The number of hydrogen-bond acceptors (Lipinski definition) is 10. The van der Waals surface area contributed by atoms with Gasteiger partial charge in [0.25, 0.3) is 15.9 Å². The van der Waals surface area contributed by atoms with Gasteiger partial charge in [0.05, 0.1) is 27.0 Å². The summed E-state index contributed by atoms with van der Waals surface area (Å²) in [6, 6.07) is 11.2. The van der Waals surface area contributed by atoms with Crippen molar-refractivity contribution in [2.75, 3.05) is 59.4 Å². The van der Waals surface area contributed by atoms with Crippen LogP contribution in [-0.4, -0.2) is 96.1 Å². The predicted molar refractivity (Wildman–Crippen MR) is 159 cm³/mol. The van der Waals surface area contributed by atoms with E-state index in [1.165, 1.54) is 62.8 Å². The van der Waals surface area contributed by atoms with Crippen LogP contribution in [0.15, 0.2) is 59.6 Å². The van der Waals surface area contributed by atoms with Gasteiger partial charge in [-0.05, 0) is 42.5 Å². The van der Waals surface area contributed by atoms with Crippen LogP contribution >= 0.6 is 11.6 Å². The number of aromatic nitrogens is 1. The number of piperazine rings is 1. The maximum absolute atomic E-state index is 15.2. The second-order valence-corrected chi connectivity index (χ2v) is 12.4. The van der Waals surface area contributed by atoms with Crippen LogP contribution in [0.1, 0.15) is 11.1 Å². The quantitative estimate of drug-likeness (QED) is 0.395. The van der Waals surface area contributed by atoms with Crippen molar-refractivity contribution < 1.29 is 32.2 Å². The maximum Gasteiger partial charge on any atom is 0.274 e. The number of amides is 2. The average Bonchev–Trinajstić information content (AvgIpc) is 3.28. The summed E-state index contributed by atoms with van der Waals surface area (Å²) in [6.45, 7) is 0.840. The molecule has 0 saturated carbocycles. The Hall–Kier alpha value is -3.91. The number of benzene rings is 2. The Bertz CT molecular complexity index is 1690. The number of methoxy groups -OCH3 is 3. The number of nitrogens with one attached hydrogen (secondary N) is 1. The van der Waals surface area contributed by atoms with Crippen molar-refractivity contribution in [3.8, 4) is 17.4 Å². The summed E-state index contributed by atoms with van der Waals surface area (Å²) in [6.07, 6.45) is 1.51. The zero-order chi connectivity index (χ0) is 31.1. The minimum absolute atomic E-state index is 0.0121. The van der Waals surface area contributed by atoms with Crippen LogP contribution in [0.3, 0.4) is 0 Å². The van der Waals surface area contributed by atoms with E-state index in [9.17, 15) is 13.2 Å². The monoisotopic (exact) mass is 629 g/mol. The topological polar surface area (TPSA) is 131 Å². The smallest absolute Gasteiger partial charge is 0.274 e. The number of anilines is 1. The molecule has 0 spiro atoms. The highest BCUT2D eigenvalue weighted by Crippen LogP contribution is 2.54. The van der Waals surface area contributed by atoms with E-state index in [-0.39, 0.29) is 57.4 Å². The standard InChI is InChI=1S/C29H32ClN5O7S/c1-33(2)27(36)23-17-31-13-14-34(23)29(20-7-6-12-32-26(20)42-5)21-15-18(30)8-10-22(21)35(28(29)37)43(38,39)25-11-9-19(40-3)16-24(25)41-4/h6-12,15-16,23,31H,13-14,17H2,1-5H3/t23-,29?/m0/s1. The molecule has 3 aromatic rings. The van der Waals surface area contributed by atoms with Crippen LogP contribution < -0.4 is 23.8 Å². The van der Waals surface area contributed by atoms with Gasteiger partial charge in [-0.1, -0.05) is 11.6 Å². The van der Waals surface area contributed by atoms with Crippen molar-refractivity contribution >= 4 is 39.1 Å². The molecule has 1 fully saturated rings. The van der Waals surface area contributed by atoms with Crippen LogP contribution in [0.2, 0.25) is 5.02 Å². The minimum atomic E-state index is -4.61. The number of hydrogen-bond donors (Lipinski definition) is 1. The fourth-order valence-corrected chi connectivity index (χ4v) is 7.59. The van der Waals surface area contributed by atoms with E-state index in [2.05, 4.69) is 10.3 Å². The number of carbonyl (C=O) groups excluding carboxylic acids is 2. The third kappa shape index (κ3) is 4.76. The fourth-order valence-electron chi connectivity index (χ4n) is 5.82. The van der Waals surface area contributed by atoms with Crippen molar-refractivity contribution in [2.45, 2.75) is 16.5 Å². The molecule has 12 nitrogen and oxygen atoms in total. The third-order valence-electron chi connectivity index (χ3n) is 7.70. The van der Waals surface area contributed by atoms with E-state index in [1.54, 1.807) is 37.2 Å². The highest BCUT2D eigenvalue weighted by atomic mass is 35.5. The second-order valence-electron chi connectivity index (χ2n) is 10.2. The largest absolute Gasteiger partial charge is 0.497 e.